The van der Waals surface area contributed by atoms with Crippen molar-refractivity contribution in [2.45, 2.75) is 19.9 Å². The normalized spacial score (nSPS) is 10.5. The van der Waals surface area contributed by atoms with Crippen molar-refractivity contribution in [3.8, 4) is 6.07 Å². The molecule has 2 aromatic rings. The minimum absolute atomic E-state index is 0.734. The molecule has 0 saturated carbocycles. The second-order valence-electron chi connectivity index (χ2n) is 5.23. The molecule has 0 aromatic heterocycles. The maximum atomic E-state index is 8.88. The van der Waals surface area contributed by atoms with Gasteiger partial charge in [0.1, 0.15) is 0 Å². The zero-order valence-corrected chi connectivity index (χ0v) is 12.1. The van der Waals surface area contributed by atoms with Gasteiger partial charge in [-0.1, -0.05) is 36.4 Å². The van der Waals surface area contributed by atoms with Gasteiger partial charge in [-0.05, 0) is 49.2 Å². The largest absolute Gasteiger partial charge is 0.302 e. The lowest BCUT2D eigenvalue weighted by molar-refractivity contribution is 0.330. The van der Waals surface area contributed by atoms with Gasteiger partial charge in [0.2, 0.25) is 0 Å². The summed E-state index contributed by atoms with van der Waals surface area (Å²) in [5.74, 6) is 0. The number of hydrogen-bond donors (Lipinski definition) is 0. The molecule has 0 aliphatic heterocycles. The van der Waals surface area contributed by atoms with E-state index in [1.165, 1.54) is 16.7 Å². The van der Waals surface area contributed by atoms with E-state index >= 15 is 0 Å². The summed E-state index contributed by atoms with van der Waals surface area (Å²) in [6.45, 7) is 4.02. The predicted octanol–water partition coefficient (Wildman–Crippen LogP) is 3.54. The van der Waals surface area contributed by atoms with Crippen LogP contribution in [-0.2, 0) is 13.0 Å². The minimum atomic E-state index is 0.734. The van der Waals surface area contributed by atoms with Crippen LogP contribution >= 0.6 is 0 Å². The predicted molar refractivity (Wildman–Crippen MR) is 82.4 cm³/mol. The molecule has 0 N–H and O–H groups in total. The highest BCUT2D eigenvalue weighted by molar-refractivity contribution is 5.37. The fraction of sp³-hybridized carbons (Fsp3) is 0.278. The Morgan fingerprint density at radius 3 is 2.50 bits per heavy atom. The lowest BCUT2D eigenvalue weighted by Gasteiger charge is -2.18. The summed E-state index contributed by atoms with van der Waals surface area (Å²) in [5, 5.41) is 8.88. The molecule has 2 aromatic carbocycles. The molecule has 2 heteroatoms. The van der Waals surface area contributed by atoms with Gasteiger partial charge in [-0.25, -0.2) is 0 Å². The second kappa shape index (κ2) is 6.88. The smallest absolute Gasteiger partial charge is 0.0991 e. The van der Waals surface area contributed by atoms with Crippen molar-refractivity contribution in [1.29, 1.82) is 5.26 Å². The van der Waals surface area contributed by atoms with E-state index in [4.69, 9.17) is 5.26 Å². The van der Waals surface area contributed by atoms with Crippen molar-refractivity contribution in [3.63, 3.8) is 0 Å². The van der Waals surface area contributed by atoms with Crippen molar-refractivity contribution >= 4 is 0 Å². The molecular formula is C18H20N2. The Balaban J connectivity index is 1.91. The molecule has 0 radical (unpaired) electrons. The number of nitriles is 1. The van der Waals surface area contributed by atoms with E-state index in [1.807, 2.05) is 18.2 Å². The molecule has 2 nitrogen and oxygen atoms in total. The Bertz CT molecular complexity index is 597. The van der Waals surface area contributed by atoms with E-state index in [-0.39, 0.29) is 0 Å². The molecule has 0 fully saturated rings. The highest BCUT2D eigenvalue weighted by atomic mass is 15.1. The average Bonchev–Trinajstić information content (AvgIpc) is 2.48. The number of nitrogens with zero attached hydrogens (tertiary/aromatic N) is 2. The molecule has 0 unspecified atom stereocenters. The number of aryl methyl sites for hydroxylation is 1. The molecule has 0 aliphatic rings. The van der Waals surface area contributed by atoms with E-state index < -0.39 is 0 Å². The van der Waals surface area contributed by atoms with Gasteiger partial charge in [-0.15, -0.1) is 0 Å². The third-order valence-electron chi connectivity index (χ3n) is 3.54. The minimum Gasteiger partial charge on any atom is -0.302 e. The molecule has 0 aliphatic carbocycles. The van der Waals surface area contributed by atoms with E-state index in [9.17, 15) is 0 Å². The highest BCUT2D eigenvalue weighted by Crippen LogP contribution is 2.13. The summed E-state index contributed by atoms with van der Waals surface area (Å²) >= 11 is 0. The average molecular weight is 264 g/mol. The van der Waals surface area contributed by atoms with Gasteiger partial charge in [0.15, 0.2) is 0 Å². The first kappa shape index (κ1) is 14.3. The fourth-order valence-corrected chi connectivity index (χ4v) is 2.28. The topological polar surface area (TPSA) is 27.0 Å². The van der Waals surface area contributed by atoms with Crippen LogP contribution in [-0.4, -0.2) is 18.5 Å². The van der Waals surface area contributed by atoms with Crippen LogP contribution in [0.25, 0.3) is 0 Å². The van der Waals surface area contributed by atoms with E-state index in [0.717, 1.165) is 25.1 Å². The zero-order valence-electron chi connectivity index (χ0n) is 12.1. The summed E-state index contributed by atoms with van der Waals surface area (Å²) in [7, 11) is 2.14. The van der Waals surface area contributed by atoms with Crippen molar-refractivity contribution in [2.24, 2.45) is 0 Å². The number of hydrogen-bond acceptors (Lipinski definition) is 2. The lowest BCUT2D eigenvalue weighted by Crippen LogP contribution is -2.21. The SMILES string of the molecule is Cc1cc(C#N)ccc1CN(C)CCc1ccccc1. The fourth-order valence-electron chi connectivity index (χ4n) is 2.28. The monoisotopic (exact) mass is 264 g/mol. The maximum absolute atomic E-state index is 8.88. The Hall–Kier alpha value is -2.11. The number of rotatable bonds is 5. The van der Waals surface area contributed by atoms with Crippen LogP contribution in [0.15, 0.2) is 48.5 Å². The third-order valence-corrected chi connectivity index (χ3v) is 3.54. The van der Waals surface area contributed by atoms with E-state index in [2.05, 4.69) is 55.3 Å². The van der Waals surface area contributed by atoms with Gasteiger partial charge in [-0.2, -0.15) is 5.26 Å². The van der Waals surface area contributed by atoms with Crippen molar-refractivity contribution in [1.82, 2.24) is 4.90 Å². The number of likely N-dealkylation sites (N-methyl/N-ethyl adjacent to an activating group) is 1. The summed E-state index contributed by atoms with van der Waals surface area (Å²) in [4.78, 5) is 2.32. The van der Waals surface area contributed by atoms with Crippen LogP contribution in [0.5, 0.6) is 0 Å². The highest BCUT2D eigenvalue weighted by Gasteiger charge is 2.04. The molecule has 0 atom stereocenters. The van der Waals surface area contributed by atoms with Crippen molar-refractivity contribution < 1.29 is 0 Å². The quantitative estimate of drug-likeness (QED) is 0.826. The molecular weight excluding hydrogens is 244 g/mol. The molecule has 102 valence electrons. The van der Waals surface area contributed by atoms with Crippen LogP contribution in [0, 0.1) is 18.3 Å². The maximum Gasteiger partial charge on any atom is 0.0991 e. The van der Waals surface area contributed by atoms with Gasteiger partial charge >= 0.3 is 0 Å². The van der Waals surface area contributed by atoms with Crippen LogP contribution in [0.3, 0.4) is 0 Å². The molecule has 0 bridgehead atoms. The zero-order chi connectivity index (χ0) is 14.4. The summed E-state index contributed by atoms with van der Waals surface area (Å²) in [6, 6.07) is 18.6. The van der Waals surface area contributed by atoms with Crippen LogP contribution in [0.2, 0.25) is 0 Å². The van der Waals surface area contributed by atoms with Crippen molar-refractivity contribution in [2.75, 3.05) is 13.6 Å². The molecule has 0 saturated heterocycles. The molecule has 0 amide bonds. The summed E-state index contributed by atoms with van der Waals surface area (Å²) in [6.07, 6.45) is 1.06. The van der Waals surface area contributed by atoms with E-state index in [0.29, 0.717) is 0 Å². The van der Waals surface area contributed by atoms with E-state index in [1.54, 1.807) is 0 Å². The Morgan fingerprint density at radius 1 is 1.10 bits per heavy atom. The van der Waals surface area contributed by atoms with Gasteiger partial charge in [0.05, 0.1) is 11.6 Å². The van der Waals surface area contributed by atoms with Gasteiger partial charge < -0.3 is 4.90 Å². The standard InChI is InChI=1S/C18H20N2/c1-15-12-17(13-19)8-9-18(15)14-20(2)11-10-16-6-4-3-5-7-16/h3-9,12H,10-11,14H2,1-2H3. The van der Waals surface area contributed by atoms with Crippen molar-refractivity contribution in [3.05, 3.63) is 70.8 Å². The first-order valence-electron chi connectivity index (χ1n) is 6.91. The molecule has 2 rings (SSSR count). The summed E-state index contributed by atoms with van der Waals surface area (Å²) in [5.41, 5.74) is 4.59. The third kappa shape index (κ3) is 3.94. The second-order valence-corrected chi connectivity index (χ2v) is 5.23. The molecule has 0 heterocycles. The summed E-state index contributed by atoms with van der Waals surface area (Å²) < 4.78 is 0. The first-order chi connectivity index (χ1) is 9.69. The molecule has 0 spiro atoms. The van der Waals surface area contributed by atoms with Crippen LogP contribution in [0.1, 0.15) is 22.3 Å². The number of benzene rings is 2. The first-order valence-corrected chi connectivity index (χ1v) is 6.91. The molecule has 20 heavy (non-hydrogen) atoms. The van der Waals surface area contributed by atoms with Gasteiger partial charge in [0.25, 0.3) is 0 Å². The Labute approximate surface area is 121 Å². The Kier molecular flexibility index (Phi) is 4.92. The van der Waals surface area contributed by atoms with Gasteiger partial charge in [0, 0.05) is 13.1 Å². The van der Waals surface area contributed by atoms with Crippen LogP contribution < -0.4 is 0 Å². The Morgan fingerprint density at radius 2 is 1.85 bits per heavy atom. The lowest BCUT2D eigenvalue weighted by atomic mass is 10.0. The van der Waals surface area contributed by atoms with Crippen LogP contribution in [0.4, 0.5) is 0 Å². The van der Waals surface area contributed by atoms with Gasteiger partial charge in [-0.3, -0.25) is 0 Å².